The molecule has 0 radical (unpaired) electrons. The fourth-order valence-electron chi connectivity index (χ4n) is 2.94. The summed E-state index contributed by atoms with van der Waals surface area (Å²) in [7, 11) is 0. The van der Waals surface area contributed by atoms with E-state index in [1.54, 1.807) is 24.3 Å². The summed E-state index contributed by atoms with van der Waals surface area (Å²) in [5.74, 6) is -1.39. The highest BCUT2D eigenvalue weighted by atomic mass is 19.1. The summed E-state index contributed by atoms with van der Waals surface area (Å²) >= 11 is 0. The van der Waals surface area contributed by atoms with Crippen molar-refractivity contribution in [3.8, 4) is 5.75 Å². The molecule has 6 nitrogen and oxygen atoms in total. The van der Waals surface area contributed by atoms with Crippen molar-refractivity contribution in [1.82, 2.24) is 4.98 Å². The highest BCUT2D eigenvalue weighted by Crippen LogP contribution is 2.48. The van der Waals surface area contributed by atoms with E-state index in [1.807, 2.05) is 0 Å². The fourth-order valence-corrected chi connectivity index (χ4v) is 2.94. The van der Waals surface area contributed by atoms with Crippen molar-refractivity contribution in [1.29, 1.82) is 5.41 Å². The second-order valence-corrected chi connectivity index (χ2v) is 6.39. The van der Waals surface area contributed by atoms with Crippen LogP contribution in [0.15, 0.2) is 48.8 Å². The topological polar surface area (TPSA) is 109 Å². The number of allylic oxidation sites excluding steroid dienone is 1. The van der Waals surface area contributed by atoms with Crippen molar-refractivity contribution < 1.29 is 19.0 Å². The molecular weight excluding hydrogens is 349 g/mol. The first-order chi connectivity index (χ1) is 13.0. The zero-order valence-corrected chi connectivity index (χ0v) is 14.6. The van der Waals surface area contributed by atoms with Crippen LogP contribution in [0.25, 0.3) is 0 Å². The molecule has 2 aromatic rings. The molecule has 0 saturated heterocycles. The maximum atomic E-state index is 14.0. The van der Waals surface area contributed by atoms with E-state index in [2.05, 4.69) is 4.98 Å². The average molecular weight is 369 g/mol. The SMILES string of the molecule is N=C(C=CN)c1ccc(OCCc2ccc(F)c(C3CC3C(=O)O)c2)cn1. The summed E-state index contributed by atoms with van der Waals surface area (Å²) < 4.78 is 19.6. The van der Waals surface area contributed by atoms with Crippen molar-refractivity contribution in [3.63, 3.8) is 0 Å². The number of carboxylic acid groups (broad SMARTS) is 1. The van der Waals surface area contributed by atoms with Crippen LogP contribution in [0.5, 0.6) is 5.75 Å². The molecule has 0 spiro atoms. The zero-order chi connectivity index (χ0) is 19.4. The molecule has 27 heavy (non-hydrogen) atoms. The first kappa shape index (κ1) is 18.6. The molecule has 0 aliphatic heterocycles. The molecular formula is C20H20FN3O3. The van der Waals surface area contributed by atoms with Crippen LogP contribution in [0.3, 0.4) is 0 Å². The summed E-state index contributed by atoms with van der Waals surface area (Å²) in [5, 5.41) is 16.8. The van der Waals surface area contributed by atoms with E-state index < -0.39 is 11.9 Å². The predicted molar refractivity (Wildman–Crippen MR) is 98.5 cm³/mol. The first-order valence-corrected chi connectivity index (χ1v) is 8.56. The van der Waals surface area contributed by atoms with E-state index in [4.69, 9.17) is 21.0 Å². The van der Waals surface area contributed by atoms with Crippen LogP contribution < -0.4 is 10.5 Å². The smallest absolute Gasteiger partial charge is 0.307 e. The quantitative estimate of drug-likeness (QED) is 0.620. The van der Waals surface area contributed by atoms with Crippen LogP contribution in [-0.2, 0) is 11.2 Å². The molecule has 0 bridgehead atoms. The number of benzene rings is 1. The molecule has 1 aromatic carbocycles. The molecule has 2 atom stereocenters. The lowest BCUT2D eigenvalue weighted by atomic mass is 10.0. The van der Waals surface area contributed by atoms with E-state index in [0.717, 1.165) is 5.56 Å². The Morgan fingerprint density at radius 3 is 2.85 bits per heavy atom. The minimum Gasteiger partial charge on any atom is -0.492 e. The molecule has 2 unspecified atom stereocenters. The Kier molecular flexibility index (Phi) is 5.49. The van der Waals surface area contributed by atoms with Crippen molar-refractivity contribution >= 4 is 11.7 Å². The third-order valence-electron chi connectivity index (χ3n) is 4.50. The molecule has 1 fully saturated rings. The lowest BCUT2D eigenvalue weighted by Crippen LogP contribution is -2.05. The van der Waals surface area contributed by atoms with Gasteiger partial charge in [0.25, 0.3) is 0 Å². The number of nitrogens with one attached hydrogen (secondary N) is 1. The van der Waals surface area contributed by atoms with E-state index in [-0.39, 0.29) is 17.4 Å². The molecule has 1 aliphatic carbocycles. The van der Waals surface area contributed by atoms with E-state index in [9.17, 15) is 9.18 Å². The van der Waals surface area contributed by atoms with Gasteiger partial charge in [0.1, 0.15) is 11.6 Å². The van der Waals surface area contributed by atoms with Gasteiger partial charge in [-0.15, -0.1) is 0 Å². The van der Waals surface area contributed by atoms with Gasteiger partial charge >= 0.3 is 5.97 Å². The zero-order valence-electron chi connectivity index (χ0n) is 14.6. The van der Waals surface area contributed by atoms with Gasteiger partial charge in [0.05, 0.1) is 30.1 Å². The Morgan fingerprint density at radius 2 is 2.22 bits per heavy atom. The molecule has 3 rings (SSSR count). The number of hydrogen-bond acceptors (Lipinski definition) is 5. The van der Waals surface area contributed by atoms with Crippen molar-refractivity contribution in [2.75, 3.05) is 6.61 Å². The summed E-state index contributed by atoms with van der Waals surface area (Å²) in [6, 6.07) is 8.19. The number of halogens is 1. The van der Waals surface area contributed by atoms with Gasteiger partial charge in [-0.3, -0.25) is 15.2 Å². The largest absolute Gasteiger partial charge is 0.492 e. The number of pyridine rings is 1. The van der Waals surface area contributed by atoms with Gasteiger partial charge in [-0.2, -0.15) is 0 Å². The molecule has 4 N–H and O–H groups in total. The standard InChI is InChI=1S/C20H20FN3O3/c21-17-3-1-12(9-15(17)14-10-16(14)20(25)26)6-8-27-13-2-4-19(24-11-13)18(23)5-7-22/h1-5,7,9,11,14,16,23H,6,8,10,22H2,(H,25,26). The first-order valence-electron chi connectivity index (χ1n) is 8.56. The van der Waals surface area contributed by atoms with Gasteiger partial charge in [0.15, 0.2) is 0 Å². The Balaban J connectivity index is 1.56. The summed E-state index contributed by atoms with van der Waals surface area (Å²) in [6.45, 7) is 0.374. The molecule has 0 amide bonds. The molecule has 7 heteroatoms. The van der Waals surface area contributed by atoms with Crippen LogP contribution in [0, 0.1) is 17.1 Å². The summed E-state index contributed by atoms with van der Waals surface area (Å²) in [4.78, 5) is 15.1. The highest BCUT2D eigenvalue weighted by Gasteiger charge is 2.45. The Labute approximate surface area is 156 Å². The average Bonchev–Trinajstić information content (AvgIpc) is 3.45. The van der Waals surface area contributed by atoms with Crippen LogP contribution in [0.2, 0.25) is 0 Å². The molecule has 140 valence electrons. The molecule has 1 saturated carbocycles. The monoisotopic (exact) mass is 369 g/mol. The number of hydrogen-bond donors (Lipinski definition) is 3. The van der Waals surface area contributed by atoms with Gasteiger partial charge in [-0.1, -0.05) is 12.1 Å². The van der Waals surface area contributed by atoms with Crippen molar-refractivity contribution in [3.05, 3.63) is 71.4 Å². The number of carbonyl (C=O) groups is 1. The van der Waals surface area contributed by atoms with E-state index in [1.165, 1.54) is 24.5 Å². The minimum absolute atomic E-state index is 0.211. The third-order valence-corrected chi connectivity index (χ3v) is 4.50. The summed E-state index contributed by atoms with van der Waals surface area (Å²) in [6.07, 6.45) is 5.31. The summed E-state index contributed by atoms with van der Waals surface area (Å²) in [5.41, 5.74) is 7.32. The van der Waals surface area contributed by atoms with Crippen LogP contribution in [0.4, 0.5) is 4.39 Å². The number of aliphatic carboxylic acids is 1. The number of aromatic nitrogens is 1. The maximum Gasteiger partial charge on any atom is 0.307 e. The van der Waals surface area contributed by atoms with Crippen LogP contribution in [-0.4, -0.2) is 28.4 Å². The van der Waals surface area contributed by atoms with Crippen LogP contribution in [0.1, 0.15) is 29.2 Å². The van der Waals surface area contributed by atoms with Gasteiger partial charge in [-0.05, 0) is 48.0 Å². The number of ether oxygens (including phenoxy) is 1. The maximum absolute atomic E-state index is 14.0. The minimum atomic E-state index is -0.876. The number of nitrogens with zero attached hydrogens (tertiary/aromatic N) is 1. The van der Waals surface area contributed by atoms with Gasteiger partial charge < -0.3 is 15.6 Å². The normalized spacial score (nSPS) is 18.4. The lowest BCUT2D eigenvalue weighted by molar-refractivity contribution is -0.138. The number of rotatable bonds is 8. The number of nitrogens with two attached hydrogens (primary N) is 1. The highest BCUT2D eigenvalue weighted by molar-refractivity contribution is 6.04. The third kappa shape index (κ3) is 4.49. The second kappa shape index (κ2) is 7.99. The Bertz CT molecular complexity index is 881. The fraction of sp³-hybridized carbons (Fsp3) is 0.250. The van der Waals surface area contributed by atoms with Gasteiger partial charge in [0.2, 0.25) is 0 Å². The van der Waals surface area contributed by atoms with E-state index >= 15 is 0 Å². The van der Waals surface area contributed by atoms with Gasteiger partial charge in [-0.25, -0.2) is 4.39 Å². The second-order valence-electron chi connectivity index (χ2n) is 6.39. The molecule has 1 aliphatic rings. The van der Waals surface area contributed by atoms with Crippen molar-refractivity contribution in [2.24, 2.45) is 11.7 Å². The van der Waals surface area contributed by atoms with E-state index in [0.29, 0.717) is 36.5 Å². The Morgan fingerprint density at radius 1 is 1.41 bits per heavy atom. The molecule has 1 heterocycles. The van der Waals surface area contributed by atoms with Crippen LogP contribution >= 0.6 is 0 Å². The number of carboxylic acids is 1. The lowest BCUT2D eigenvalue weighted by Gasteiger charge is -2.09. The molecule has 1 aromatic heterocycles. The van der Waals surface area contributed by atoms with Gasteiger partial charge in [0, 0.05) is 12.3 Å². The predicted octanol–water partition coefficient (Wildman–Crippen LogP) is 2.87. The Hall–Kier alpha value is -3.22. The van der Waals surface area contributed by atoms with Crippen molar-refractivity contribution in [2.45, 2.75) is 18.8 Å².